The summed E-state index contributed by atoms with van der Waals surface area (Å²) in [5.74, 6) is -0.0474. The van der Waals surface area contributed by atoms with Gasteiger partial charge in [0.2, 0.25) is 15.9 Å². The molecular formula is C20H21ClN2O4S. The number of hydrogen-bond acceptors (Lipinski definition) is 4. The highest BCUT2D eigenvalue weighted by atomic mass is 35.5. The molecule has 2 aromatic carbocycles. The van der Waals surface area contributed by atoms with E-state index in [1.807, 2.05) is 6.07 Å². The van der Waals surface area contributed by atoms with Gasteiger partial charge in [0, 0.05) is 24.2 Å². The van der Waals surface area contributed by atoms with E-state index in [-0.39, 0.29) is 10.6 Å². The van der Waals surface area contributed by atoms with Crippen LogP contribution in [0.3, 0.4) is 0 Å². The molecule has 6 nitrogen and oxygen atoms in total. The van der Waals surface area contributed by atoms with Gasteiger partial charge in [0.05, 0.1) is 17.7 Å². The molecule has 0 aliphatic carbocycles. The van der Waals surface area contributed by atoms with E-state index in [1.54, 1.807) is 24.3 Å². The van der Waals surface area contributed by atoms with Crippen LogP contribution < -0.4 is 10.1 Å². The van der Waals surface area contributed by atoms with Crippen LogP contribution in [0.2, 0.25) is 5.02 Å². The predicted octanol–water partition coefficient (Wildman–Crippen LogP) is 3.79. The minimum absolute atomic E-state index is 0.126. The first kappa shape index (κ1) is 20.4. The third kappa shape index (κ3) is 4.55. The molecule has 1 amide bonds. The maximum atomic E-state index is 12.8. The van der Waals surface area contributed by atoms with Crippen molar-refractivity contribution >= 4 is 39.3 Å². The summed E-state index contributed by atoms with van der Waals surface area (Å²) in [5.41, 5.74) is 0.994. The van der Waals surface area contributed by atoms with Crippen LogP contribution in [0.1, 0.15) is 18.4 Å². The fraction of sp³-hybridized carbons (Fsp3) is 0.250. The number of methoxy groups -OCH3 is 1. The number of sulfonamides is 1. The number of nitrogens with zero attached hydrogens (tertiary/aromatic N) is 1. The first-order valence-electron chi connectivity index (χ1n) is 8.83. The largest absolute Gasteiger partial charge is 0.495 e. The lowest BCUT2D eigenvalue weighted by molar-refractivity contribution is -0.111. The van der Waals surface area contributed by atoms with Gasteiger partial charge < -0.3 is 10.1 Å². The normalized spacial score (nSPS) is 15.1. The summed E-state index contributed by atoms with van der Waals surface area (Å²) >= 11 is 6.07. The topological polar surface area (TPSA) is 75.7 Å². The highest BCUT2D eigenvalue weighted by Gasteiger charge is 2.28. The van der Waals surface area contributed by atoms with Gasteiger partial charge >= 0.3 is 0 Å². The van der Waals surface area contributed by atoms with Gasteiger partial charge in [-0.2, -0.15) is 4.31 Å². The van der Waals surface area contributed by atoms with E-state index < -0.39 is 15.9 Å². The second-order valence-corrected chi connectivity index (χ2v) is 8.66. The van der Waals surface area contributed by atoms with Crippen molar-refractivity contribution in [2.45, 2.75) is 17.7 Å². The molecule has 1 saturated heterocycles. The molecule has 0 saturated carbocycles. The van der Waals surface area contributed by atoms with Crippen molar-refractivity contribution < 1.29 is 17.9 Å². The number of benzene rings is 2. The number of ether oxygens (including phenoxy) is 1. The number of halogens is 1. The fourth-order valence-corrected chi connectivity index (χ4v) is 4.72. The minimum Gasteiger partial charge on any atom is -0.495 e. The minimum atomic E-state index is -3.59. The Kier molecular flexibility index (Phi) is 6.39. The Bertz CT molecular complexity index is 999. The van der Waals surface area contributed by atoms with E-state index in [0.29, 0.717) is 29.4 Å². The second kappa shape index (κ2) is 8.77. The third-order valence-electron chi connectivity index (χ3n) is 4.45. The molecule has 1 aliphatic heterocycles. The zero-order valence-corrected chi connectivity index (χ0v) is 17.0. The van der Waals surface area contributed by atoms with E-state index in [4.69, 9.17) is 16.3 Å². The summed E-state index contributed by atoms with van der Waals surface area (Å²) in [7, 11) is -2.13. The van der Waals surface area contributed by atoms with Crippen molar-refractivity contribution in [3.8, 4) is 5.75 Å². The number of hydrogen-bond donors (Lipinski definition) is 1. The van der Waals surface area contributed by atoms with Gasteiger partial charge in [-0.25, -0.2) is 8.42 Å². The summed E-state index contributed by atoms with van der Waals surface area (Å²) in [5, 5.41) is 3.21. The van der Waals surface area contributed by atoms with Crippen molar-refractivity contribution in [2.75, 3.05) is 25.5 Å². The maximum Gasteiger partial charge on any atom is 0.248 e. The molecule has 0 aromatic heterocycles. The molecule has 8 heteroatoms. The highest BCUT2D eigenvalue weighted by Crippen LogP contribution is 2.30. The van der Waals surface area contributed by atoms with Crippen LogP contribution in [-0.2, 0) is 14.8 Å². The van der Waals surface area contributed by atoms with Crippen LogP contribution in [0.25, 0.3) is 6.08 Å². The van der Waals surface area contributed by atoms with Gasteiger partial charge in [-0.1, -0.05) is 29.8 Å². The van der Waals surface area contributed by atoms with Crippen molar-refractivity contribution in [3.63, 3.8) is 0 Å². The standard InChI is InChI=1S/C20H21ClN2O4S/c1-27-19-10-9-16(28(25,26)23-12-4-5-13-23)14-18(19)22-20(24)11-8-15-6-2-3-7-17(15)21/h2-3,6-11,14H,4-5,12-13H2,1H3,(H,22,24)/b11-8+. The summed E-state index contributed by atoms with van der Waals surface area (Å²) < 4.78 is 32.2. The number of anilines is 1. The molecule has 0 atom stereocenters. The lowest BCUT2D eigenvalue weighted by atomic mass is 10.2. The average molecular weight is 421 g/mol. The number of nitrogens with one attached hydrogen (secondary N) is 1. The Morgan fingerprint density at radius 2 is 1.89 bits per heavy atom. The molecule has 1 fully saturated rings. The van der Waals surface area contributed by atoms with Gasteiger partial charge in [-0.3, -0.25) is 4.79 Å². The van der Waals surface area contributed by atoms with Crippen LogP contribution in [0.5, 0.6) is 5.75 Å². The maximum absolute atomic E-state index is 12.8. The van der Waals surface area contributed by atoms with Crippen molar-refractivity contribution in [3.05, 3.63) is 59.1 Å². The first-order valence-corrected chi connectivity index (χ1v) is 10.7. The molecule has 1 aliphatic rings. The smallest absolute Gasteiger partial charge is 0.248 e. The summed E-state index contributed by atoms with van der Waals surface area (Å²) in [6, 6.07) is 11.6. The van der Waals surface area contributed by atoms with E-state index >= 15 is 0 Å². The second-order valence-electron chi connectivity index (χ2n) is 6.32. The highest BCUT2D eigenvalue weighted by molar-refractivity contribution is 7.89. The number of amides is 1. The van der Waals surface area contributed by atoms with E-state index in [0.717, 1.165) is 12.8 Å². The van der Waals surface area contributed by atoms with E-state index in [1.165, 1.54) is 35.7 Å². The fourth-order valence-electron chi connectivity index (χ4n) is 2.97. The molecule has 0 radical (unpaired) electrons. The predicted molar refractivity (Wildman–Crippen MR) is 110 cm³/mol. The van der Waals surface area contributed by atoms with Gasteiger partial charge in [-0.15, -0.1) is 0 Å². The summed E-state index contributed by atoms with van der Waals surface area (Å²) in [6.45, 7) is 1.02. The zero-order chi connectivity index (χ0) is 20.1. The first-order chi connectivity index (χ1) is 13.4. The van der Waals surface area contributed by atoms with Crippen molar-refractivity contribution in [1.82, 2.24) is 4.31 Å². The van der Waals surface area contributed by atoms with E-state index in [9.17, 15) is 13.2 Å². The monoisotopic (exact) mass is 420 g/mol. The molecular weight excluding hydrogens is 400 g/mol. The van der Waals surface area contributed by atoms with E-state index in [2.05, 4.69) is 5.32 Å². The van der Waals surface area contributed by atoms with Crippen LogP contribution in [0.15, 0.2) is 53.4 Å². The molecule has 2 aromatic rings. The number of carbonyl (C=O) groups excluding carboxylic acids is 1. The third-order valence-corrected chi connectivity index (χ3v) is 6.69. The lowest BCUT2D eigenvalue weighted by Gasteiger charge is -2.17. The zero-order valence-electron chi connectivity index (χ0n) is 15.4. The lowest BCUT2D eigenvalue weighted by Crippen LogP contribution is -2.28. The molecule has 1 N–H and O–H groups in total. The molecule has 3 rings (SSSR count). The molecule has 0 spiro atoms. The molecule has 1 heterocycles. The average Bonchev–Trinajstić information content (AvgIpc) is 3.23. The molecule has 0 bridgehead atoms. The number of rotatable bonds is 6. The van der Waals surface area contributed by atoms with Crippen molar-refractivity contribution in [1.29, 1.82) is 0 Å². The summed E-state index contributed by atoms with van der Waals surface area (Å²) in [6.07, 6.45) is 4.63. The Labute approximate surface area is 169 Å². The quantitative estimate of drug-likeness (QED) is 0.721. The Morgan fingerprint density at radius 3 is 2.57 bits per heavy atom. The molecule has 0 unspecified atom stereocenters. The Morgan fingerprint density at radius 1 is 1.18 bits per heavy atom. The van der Waals surface area contributed by atoms with Gasteiger partial charge in [0.25, 0.3) is 0 Å². The van der Waals surface area contributed by atoms with Crippen LogP contribution in [0, 0.1) is 0 Å². The van der Waals surface area contributed by atoms with Crippen LogP contribution in [0.4, 0.5) is 5.69 Å². The summed E-state index contributed by atoms with van der Waals surface area (Å²) in [4.78, 5) is 12.5. The molecule has 148 valence electrons. The SMILES string of the molecule is COc1ccc(S(=O)(=O)N2CCCC2)cc1NC(=O)/C=C/c1ccccc1Cl. The molecule has 28 heavy (non-hydrogen) atoms. The van der Waals surface area contributed by atoms with Gasteiger partial charge in [0.1, 0.15) is 5.75 Å². The van der Waals surface area contributed by atoms with Crippen LogP contribution >= 0.6 is 11.6 Å². The van der Waals surface area contributed by atoms with Gasteiger partial charge in [0.15, 0.2) is 0 Å². The van der Waals surface area contributed by atoms with Crippen LogP contribution in [-0.4, -0.2) is 38.8 Å². The Balaban J connectivity index is 1.82. The number of carbonyl (C=O) groups is 1. The van der Waals surface area contributed by atoms with Gasteiger partial charge in [-0.05, 0) is 48.7 Å². The Hall–Kier alpha value is -2.35. The van der Waals surface area contributed by atoms with Crippen molar-refractivity contribution in [2.24, 2.45) is 0 Å².